The monoisotopic (exact) mass is 464 g/mol. The van der Waals surface area contributed by atoms with Crippen molar-refractivity contribution in [2.75, 3.05) is 35.7 Å². The first-order valence-corrected chi connectivity index (χ1v) is 11.8. The van der Waals surface area contributed by atoms with Gasteiger partial charge in [-0.1, -0.05) is 12.1 Å². The minimum atomic E-state index is -2.88. The normalized spacial score (nSPS) is 23.8. The van der Waals surface area contributed by atoms with Gasteiger partial charge in [0.1, 0.15) is 17.2 Å². The lowest BCUT2D eigenvalue weighted by atomic mass is 9.77. The van der Waals surface area contributed by atoms with E-state index in [2.05, 4.69) is 10.1 Å². The Balaban J connectivity index is 1.37. The molecular formula is C22H26F2N4O3S. The van der Waals surface area contributed by atoms with Crippen LogP contribution in [-0.4, -0.2) is 57.8 Å². The molecule has 1 saturated carbocycles. The summed E-state index contributed by atoms with van der Waals surface area (Å²) in [5.41, 5.74) is 0.203. The number of β-amino-alcohol motifs (C(OH)–C–C–N with tert-alkyl or cyclic N) is 1. The molecule has 3 heterocycles. The van der Waals surface area contributed by atoms with Gasteiger partial charge in [-0.3, -0.25) is 0 Å². The van der Waals surface area contributed by atoms with Crippen LogP contribution in [0.3, 0.4) is 0 Å². The molecule has 1 saturated heterocycles. The first-order chi connectivity index (χ1) is 15.4. The fourth-order valence-electron chi connectivity index (χ4n) is 4.61. The second-order valence-electron chi connectivity index (χ2n) is 8.77. The number of alkyl halides is 2. The molecule has 3 aliphatic rings. The Morgan fingerprint density at radius 3 is 2.62 bits per heavy atom. The van der Waals surface area contributed by atoms with Crippen molar-refractivity contribution in [2.24, 2.45) is 0 Å². The summed E-state index contributed by atoms with van der Waals surface area (Å²) in [5.74, 6) is 2.34. The van der Waals surface area contributed by atoms with Crippen molar-refractivity contribution in [3.05, 3.63) is 35.5 Å². The average molecular weight is 465 g/mol. The summed E-state index contributed by atoms with van der Waals surface area (Å²) in [6.07, 6.45) is 4.25. The number of rotatable bonds is 7. The lowest BCUT2D eigenvalue weighted by molar-refractivity contribution is -0.0498. The first kappa shape index (κ1) is 21.7. The Kier molecular flexibility index (Phi) is 5.63. The van der Waals surface area contributed by atoms with Gasteiger partial charge in [0.25, 0.3) is 0 Å². The Labute approximate surface area is 189 Å². The van der Waals surface area contributed by atoms with Crippen molar-refractivity contribution in [3.63, 3.8) is 0 Å². The van der Waals surface area contributed by atoms with E-state index in [-0.39, 0.29) is 17.9 Å². The molecule has 2 aromatic rings. The fraction of sp³-hybridized carbons (Fsp3) is 0.545. The summed E-state index contributed by atoms with van der Waals surface area (Å²) in [6, 6.07) is 6.13. The molecular weight excluding hydrogens is 438 g/mol. The van der Waals surface area contributed by atoms with Crippen molar-refractivity contribution >= 4 is 23.5 Å². The predicted molar refractivity (Wildman–Crippen MR) is 118 cm³/mol. The van der Waals surface area contributed by atoms with Gasteiger partial charge in [-0.15, -0.1) is 11.8 Å². The van der Waals surface area contributed by atoms with Gasteiger partial charge in [-0.25, -0.2) is 4.98 Å². The van der Waals surface area contributed by atoms with E-state index in [1.165, 1.54) is 12.1 Å². The zero-order chi connectivity index (χ0) is 22.3. The molecule has 2 fully saturated rings. The van der Waals surface area contributed by atoms with Gasteiger partial charge in [-0.2, -0.15) is 13.8 Å². The summed E-state index contributed by atoms with van der Waals surface area (Å²) >= 11 is 1.73. The molecule has 0 bridgehead atoms. The van der Waals surface area contributed by atoms with Gasteiger partial charge in [-0.05, 0) is 43.4 Å². The highest BCUT2D eigenvalue weighted by molar-refractivity contribution is 7.99. The van der Waals surface area contributed by atoms with Crippen molar-refractivity contribution < 1.29 is 23.7 Å². The van der Waals surface area contributed by atoms with Crippen LogP contribution in [0, 0.1) is 0 Å². The molecule has 10 heteroatoms. The third kappa shape index (κ3) is 3.99. The maximum absolute atomic E-state index is 12.4. The number of nitrogens with zero attached hydrogens (tertiary/aromatic N) is 3. The summed E-state index contributed by atoms with van der Waals surface area (Å²) in [7, 11) is 0. The molecule has 7 nitrogen and oxygen atoms in total. The van der Waals surface area contributed by atoms with Crippen LogP contribution in [0.1, 0.15) is 36.9 Å². The molecule has 1 aromatic heterocycles. The van der Waals surface area contributed by atoms with E-state index in [1.54, 1.807) is 23.9 Å². The number of thioether (sulfide) groups is 1. The molecule has 0 amide bonds. The van der Waals surface area contributed by atoms with Crippen LogP contribution in [-0.2, 0) is 12.0 Å². The van der Waals surface area contributed by atoms with E-state index in [9.17, 15) is 19.0 Å². The highest BCUT2D eigenvalue weighted by Gasteiger charge is 2.41. The third-order valence-corrected chi connectivity index (χ3v) is 7.78. The fourth-order valence-corrected chi connectivity index (χ4v) is 5.65. The molecule has 1 atom stereocenters. The van der Waals surface area contributed by atoms with E-state index >= 15 is 0 Å². The molecule has 0 radical (unpaired) electrons. The van der Waals surface area contributed by atoms with Crippen molar-refractivity contribution in [1.82, 2.24) is 9.97 Å². The van der Waals surface area contributed by atoms with E-state index in [4.69, 9.17) is 9.97 Å². The zero-order valence-electron chi connectivity index (χ0n) is 17.6. The number of ether oxygens (including phenoxy) is 1. The molecule has 172 valence electrons. The van der Waals surface area contributed by atoms with Crippen molar-refractivity contribution in [1.29, 1.82) is 0 Å². The van der Waals surface area contributed by atoms with Gasteiger partial charge in [0, 0.05) is 18.7 Å². The number of aliphatic hydroxyl groups excluding tert-OH is 1. The van der Waals surface area contributed by atoms with Gasteiger partial charge in [0.15, 0.2) is 0 Å². The standard InChI is InChI=1S/C22H26F2N4O3S/c23-19(24)31-15-4-2-14(3-5-15)22(30)9-10-28(12-22)20-25-16-6-11-32-17(16)18(26-20)27-21(13-29)7-1-8-21/h2-5,19,29-30H,1,6-13H2,(H,25,26,27). The molecule has 2 aliphatic heterocycles. The minimum Gasteiger partial charge on any atom is -0.435 e. The van der Waals surface area contributed by atoms with Crippen LogP contribution in [0.2, 0.25) is 0 Å². The van der Waals surface area contributed by atoms with Crippen LogP contribution >= 0.6 is 11.8 Å². The number of anilines is 2. The molecule has 1 aromatic carbocycles. The smallest absolute Gasteiger partial charge is 0.387 e. The van der Waals surface area contributed by atoms with Crippen molar-refractivity contribution in [3.8, 4) is 5.75 Å². The van der Waals surface area contributed by atoms with Gasteiger partial charge in [0.05, 0.1) is 29.3 Å². The number of benzene rings is 1. The Bertz CT molecular complexity index is 984. The van der Waals surface area contributed by atoms with Gasteiger partial charge < -0.3 is 25.2 Å². The SMILES string of the molecule is OCC1(Nc2nc(N3CCC(O)(c4ccc(OC(F)F)cc4)C3)nc3c2SCC3)CCC1. The Morgan fingerprint density at radius 1 is 1.19 bits per heavy atom. The van der Waals surface area contributed by atoms with Crippen LogP contribution in [0.4, 0.5) is 20.5 Å². The molecule has 0 spiro atoms. The number of hydrogen-bond donors (Lipinski definition) is 3. The first-order valence-electron chi connectivity index (χ1n) is 10.9. The number of aryl methyl sites for hydroxylation is 1. The Morgan fingerprint density at radius 2 is 1.97 bits per heavy atom. The number of aliphatic hydroxyl groups is 2. The minimum absolute atomic E-state index is 0.0613. The van der Waals surface area contributed by atoms with Gasteiger partial charge >= 0.3 is 6.61 Å². The van der Waals surface area contributed by atoms with E-state index in [1.807, 2.05) is 4.90 Å². The molecule has 1 aliphatic carbocycles. The quantitative estimate of drug-likeness (QED) is 0.576. The second-order valence-corrected chi connectivity index (χ2v) is 9.87. The van der Waals surface area contributed by atoms with E-state index in [0.29, 0.717) is 31.0 Å². The molecule has 1 unspecified atom stereocenters. The molecule has 32 heavy (non-hydrogen) atoms. The van der Waals surface area contributed by atoms with Gasteiger partial charge in [0.2, 0.25) is 5.95 Å². The highest BCUT2D eigenvalue weighted by atomic mass is 32.2. The summed E-state index contributed by atoms with van der Waals surface area (Å²) in [5, 5.41) is 24.6. The topological polar surface area (TPSA) is 90.7 Å². The summed E-state index contributed by atoms with van der Waals surface area (Å²) in [6.45, 7) is -1.93. The summed E-state index contributed by atoms with van der Waals surface area (Å²) in [4.78, 5) is 12.6. The molecule has 3 N–H and O–H groups in total. The number of hydrogen-bond acceptors (Lipinski definition) is 8. The highest BCUT2D eigenvalue weighted by Crippen LogP contribution is 2.42. The maximum atomic E-state index is 12.4. The summed E-state index contributed by atoms with van der Waals surface area (Å²) < 4.78 is 29.2. The van der Waals surface area contributed by atoms with E-state index in [0.717, 1.165) is 47.8 Å². The van der Waals surface area contributed by atoms with Crippen LogP contribution < -0.4 is 15.0 Å². The zero-order valence-corrected chi connectivity index (χ0v) is 18.4. The van der Waals surface area contributed by atoms with Crippen LogP contribution in [0.15, 0.2) is 29.2 Å². The second kappa shape index (κ2) is 8.31. The Hall–Kier alpha value is -2.17. The third-order valence-electron chi connectivity index (χ3n) is 6.65. The number of aromatic nitrogens is 2. The lowest BCUT2D eigenvalue weighted by Crippen LogP contribution is -2.48. The predicted octanol–water partition coefficient (Wildman–Crippen LogP) is 3.15. The van der Waals surface area contributed by atoms with E-state index < -0.39 is 12.2 Å². The van der Waals surface area contributed by atoms with Crippen LogP contribution in [0.5, 0.6) is 5.75 Å². The average Bonchev–Trinajstić information content (AvgIpc) is 3.38. The number of fused-ring (bicyclic) bond motifs is 1. The number of nitrogens with one attached hydrogen (secondary N) is 1. The van der Waals surface area contributed by atoms with Crippen LogP contribution in [0.25, 0.3) is 0 Å². The number of halogens is 2. The molecule has 5 rings (SSSR count). The lowest BCUT2D eigenvalue weighted by Gasteiger charge is -2.41. The largest absolute Gasteiger partial charge is 0.435 e. The maximum Gasteiger partial charge on any atom is 0.387 e. The van der Waals surface area contributed by atoms with Crippen molar-refractivity contribution in [2.45, 2.75) is 54.8 Å².